The quantitative estimate of drug-likeness (QED) is 0.771. The van der Waals surface area contributed by atoms with Gasteiger partial charge < -0.3 is 4.90 Å². The van der Waals surface area contributed by atoms with Gasteiger partial charge in [-0.1, -0.05) is 41.9 Å². The standard InChI is InChI=1S/C16H18ClN/c1-3-18(15-9-6-7-13(2)11-15)12-14-8-4-5-10-16(14)17/h4-11H,3,12H2,1-2H3. The van der Waals surface area contributed by atoms with Gasteiger partial charge in [0.05, 0.1) is 0 Å². The Balaban J connectivity index is 2.23. The first kappa shape index (κ1) is 13.0. The van der Waals surface area contributed by atoms with Crippen molar-refractivity contribution >= 4 is 17.3 Å². The lowest BCUT2D eigenvalue weighted by Crippen LogP contribution is -2.22. The van der Waals surface area contributed by atoms with Gasteiger partial charge in [0.1, 0.15) is 0 Å². The third kappa shape index (κ3) is 3.05. The number of nitrogens with zero attached hydrogens (tertiary/aromatic N) is 1. The summed E-state index contributed by atoms with van der Waals surface area (Å²) in [5.41, 5.74) is 3.70. The molecule has 2 aromatic carbocycles. The van der Waals surface area contributed by atoms with Crippen molar-refractivity contribution in [3.8, 4) is 0 Å². The van der Waals surface area contributed by atoms with Crippen molar-refractivity contribution in [2.45, 2.75) is 20.4 Å². The van der Waals surface area contributed by atoms with Crippen molar-refractivity contribution in [1.82, 2.24) is 0 Å². The van der Waals surface area contributed by atoms with Gasteiger partial charge in [-0.2, -0.15) is 0 Å². The van der Waals surface area contributed by atoms with E-state index in [1.54, 1.807) is 0 Å². The fourth-order valence-corrected chi connectivity index (χ4v) is 2.24. The summed E-state index contributed by atoms with van der Waals surface area (Å²) in [5.74, 6) is 0. The average Bonchev–Trinajstić information content (AvgIpc) is 2.38. The first-order valence-electron chi connectivity index (χ1n) is 6.25. The van der Waals surface area contributed by atoms with Gasteiger partial charge in [0.2, 0.25) is 0 Å². The molecule has 1 nitrogen and oxygen atoms in total. The molecule has 94 valence electrons. The molecule has 2 heteroatoms. The number of hydrogen-bond acceptors (Lipinski definition) is 1. The predicted octanol–water partition coefficient (Wildman–Crippen LogP) is 4.67. The van der Waals surface area contributed by atoms with E-state index in [9.17, 15) is 0 Å². The Hall–Kier alpha value is -1.47. The number of rotatable bonds is 4. The van der Waals surface area contributed by atoms with E-state index in [1.807, 2.05) is 18.2 Å². The first-order valence-corrected chi connectivity index (χ1v) is 6.63. The van der Waals surface area contributed by atoms with Crippen LogP contribution in [-0.4, -0.2) is 6.54 Å². The summed E-state index contributed by atoms with van der Waals surface area (Å²) in [7, 11) is 0. The van der Waals surface area contributed by atoms with Crippen LogP contribution in [0.25, 0.3) is 0 Å². The van der Waals surface area contributed by atoms with E-state index >= 15 is 0 Å². The van der Waals surface area contributed by atoms with Gasteiger partial charge in [0, 0.05) is 23.8 Å². The highest BCUT2D eigenvalue weighted by atomic mass is 35.5. The molecule has 0 N–H and O–H groups in total. The molecular weight excluding hydrogens is 242 g/mol. The van der Waals surface area contributed by atoms with E-state index < -0.39 is 0 Å². The lowest BCUT2D eigenvalue weighted by atomic mass is 10.1. The maximum atomic E-state index is 6.22. The molecular formula is C16H18ClN. The summed E-state index contributed by atoms with van der Waals surface area (Å²) < 4.78 is 0. The second kappa shape index (κ2) is 5.92. The van der Waals surface area contributed by atoms with Crippen molar-refractivity contribution in [2.24, 2.45) is 0 Å². The zero-order valence-corrected chi connectivity index (χ0v) is 11.6. The van der Waals surface area contributed by atoms with Crippen LogP contribution in [0, 0.1) is 6.92 Å². The molecule has 0 aliphatic rings. The van der Waals surface area contributed by atoms with E-state index in [-0.39, 0.29) is 0 Å². The van der Waals surface area contributed by atoms with Crippen LogP contribution in [0.2, 0.25) is 5.02 Å². The number of benzene rings is 2. The molecule has 0 bridgehead atoms. The van der Waals surface area contributed by atoms with Gasteiger partial charge in [0.15, 0.2) is 0 Å². The highest BCUT2D eigenvalue weighted by molar-refractivity contribution is 6.31. The van der Waals surface area contributed by atoms with Gasteiger partial charge in [-0.25, -0.2) is 0 Å². The monoisotopic (exact) mass is 259 g/mol. The summed E-state index contributed by atoms with van der Waals surface area (Å²) in [5, 5.41) is 0.837. The summed E-state index contributed by atoms with van der Waals surface area (Å²) >= 11 is 6.22. The zero-order chi connectivity index (χ0) is 13.0. The molecule has 0 heterocycles. The Bertz CT molecular complexity index is 522. The van der Waals surface area contributed by atoms with Crippen LogP contribution in [-0.2, 0) is 6.54 Å². The predicted molar refractivity (Wildman–Crippen MR) is 79.4 cm³/mol. The van der Waals surface area contributed by atoms with Crippen LogP contribution in [0.5, 0.6) is 0 Å². The molecule has 0 atom stereocenters. The van der Waals surface area contributed by atoms with Gasteiger partial charge in [-0.15, -0.1) is 0 Å². The maximum Gasteiger partial charge on any atom is 0.0455 e. The summed E-state index contributed by atoms with van der Waals surface area (Å²) in [6.07, 6.45) is 0. The second-order valence-corrected chi connectivity index (χ2v) is 4.85. The number of anilines is 1. The van der Waals surface area contributed by atoms with Gasteiger partial charge in [-0.3, -0.25) is 0 Å². The van der Waals surface area contributed by atoms with Crippen LogP contribution in [0.15, 0.2) is 48.5 Å². The molecule has 2 aromatic rings. The normalized spacial score (nSPS) is 10.4. The van der Waals surface area contributed by atoms with Crippen molar-refractivity contribution < 1.29 is 0 Å². The van der Waals surface area contributed by atoms with Crippen molar-refractivity contribution in [3.05, 3.63) is 64.7 Å². The Kier molecular flexibility index (Phi) is 4.27. The largest absolute Gasteiger partial charge is 0.367 e. The van der Waals surface area contributed by atoms with Crippen molar-refractivity contribution in [2.75, 3.05) is 11.4 Å². The molecule has 0 aliphatic heterocycles. The Morgan fingerprint density at radius 3 is 2.50 bits per heavy atom. The average molecular weight is 260 g/mol. The topological polar surface area (TPSA) is 3.24 Å². The highest BCUT2D eigenvalue weighted by Crippen LogP contribution is 2.22. The van der Waals surface area contributed by atoms with E-state index in [2.05, 4.69) is 49.1 Å². The number of hydrogen-bond donors (Lipinski definition) is 0. The second-order valence-electron chi connectivity index (χ2n) is 4.44. The Labute approximate surface area is 114 Å². The molecule has 0 saturated carbocycles. The molecule has 0 spiro atoms. The van der Waals surface area contributed by atoms with Crippen LogP contribution in [0.3, 0.4) is 0 Å². The van der Waals surface area contributed by atoms with Gasteiger partial charge >= 0.3 is 0 Å². The number of halogens is 1. The fraction of sp³-hybridized carbons (Fsp3) is 0.250. The van der Waals surface area contributed by atoms with E-state index in [0.717, 1.165) is 18.1 Å². The smallest absolute Gasteiger partial charge is 0.0455 e. The third-order valence-electron chi connectivity index (χ3n) is 3.07. The highest BCUT2D eigenvalue weighted by Gasteiger charge is 2.07. The van der Waals surface area contributed by atoms with Crippen LogP contribution < -0.4 is 4.90 Å². The third-order valence-corrected chi connectivity index (χ3v) is 3.44. The lowest BCUT2D eigenvalue weighted by Gasteiger charge is -2.24. The zero-order valence-electron chi connectivity index (χ0n) is 10.9. The van der Waals surface area contributed by atoms with Crippen LogP contribution >= 0.6 is 11.6 Å². The van der Waals surface area contributed by atoms with Gasteiger partial charge in [0.25, 0.3) is 0 Å². The minimum atomic E-state index is 0.837. The molecule has 2 rings (SSSR count). The van der Waals surface area contributed by atoms with Gasteiger partial charge in [-0.05, 0) is 43.2 Å². The molecule has 0 unspecified atom stereocenters. The molecule has 18 heavy (non-hydrogen) atoms. The molecule has 0 fully saturated rings. The SMILES string of the molecule is CCN(Cc1ccccc1Cl)c1cccc(C)c1. The molecule has 0 amide bonds. The fourth-order valence-electron chi connectivity index (χ4n) is 2.04. The minimum absolute atomic E-state index is 0.837. The number of aryl methyl sites for hydroxylation is 1. The lowest BCUT2D eigenvalue weighted by molar-refractivity contribution is 0.831. The molecule has 0 aliphatic carbocycles. The van der Waals surface area contributed by atoms with E-state index in [4.69, 9.17) is 11.6 Å². The Morgan fingerprint density at radius 2 is 1.83 bits per heavy atom. The summed E-state index contributed by atoms with van der Waals surface area (Å²) in [6.45, 7) is 6.10. The first-order chi connectivity index (χ1) is 8.70. The minimum Gasteiger partial charge on any atom is -0.367 e. The molecule has 0 aromatic heterocycles. The van der Waals surface area contributed by atoms with E-state index in [1.165, 1.54) is 16.8 Å². The van der Waals surface area contributed by atoms with E-state index in [0.29, 0.717) is 0 Å². The molecule has 0 radical (unpaired) electrons. The van der Waals surface area contributed by atoms with Crippen LogP contribution in [0.1, 0.15) is 18.1 Å². The summed E-state index contributed by atoms with van der Waals surface area (Å²) in [6, 6.07) is 16.6. The maximum absolute atomic E-state index is 6.22. The van der Waals surface area contributed by atoms with Crippen molar-refractivity contribution in [3.63, 3.8) is 0 Å². The summed E-state index contributed by atoms with van der Waals surface area (Å²) in [4.78, 5) is 2.33. The van der Waals surface area contributed by atoms with Crippen LogP contribution in [0.4, 0.5) is 5.69 Å². The van der Waals surface area contributed by atoms with Crippen molar-refractivity contribution in [1.29, 1.82) is 0 Å². The Morgan fingerprint density at radius 1 is 1.06 bits per heavy atom. The molecule has 0 saturated heterocycles.